The maximum atomic E-state index is 13.9. The molecule has 0 N–H and O–H groups in total. The van der Waals surface area contributed by atoms with Crippen molar-refractivity contribution in [2.45, 2.75) is 51.7 Å². The molecule has 3 heteroatoms. The number of hydrogen-bond acceptors (Lipinski definition) is 2. The van der Waals surface area contributed by atoms with Crippen LogP contribution in [0.3, 0.4) is 0 Å². The van der Waals surface area contributed by atoms with Gasteiger partial charge in [-0.3, -0.25) is 4.99 Å². The Kier molecular flexibility index (Phi) is 6.30. The molecule has 1 aliphatic rings. The van der Waals surface area contributed by atoms with Crippen molar-refractivity contribution >= 4 is 18.0 Å². The molecule has 1 aliphatic heterocycles. The van der Waals surface area contributed by atoms with E-state index in [0.29, 0.717) is 6.04 Å². The number of rotatable bonds is 2. The summed E-state index contributed by atoms with van der Waals surface area (Å²) in [6, 6.07) is 0.290. The Morgan fingerprint density at radius 1 is 1.53 bits per heavy atom. The monoisotopic (exact) mass is 231 g/mol. The van der Waals surface area contributed by atoms with Crippen LogP contribution in [0.25, 0.3) is 0 Å². The van der Waals surface area contributed by atoms with Crippen molar-refractivity contribution in [3.63, 3.8) is 0 Å². The zero-order valence-corrected chi connectivity index (χ0v) is 10.6. The summed E-state index contributed by atoms with van der Waals surface area (Å²) in [5, 5.41) is 0. The molecule has 1 nitrogen and oxygen atoms in total. The highest BCUT2D eigenvalue weighted by atomic mass is 32.2. The normalized spacial score (nSPS) is 36.1. The lowest BCUT2D eigenvalue weighted by Gasteiger charge is -2.23. The number of alkyl halides is 1. The van der Waals surface area contributed by atoms with Crippen molar-refractivity contribution < 1.29 is 4.39 Å². The summed E-state index contributed by atoms with van der Waals surface area (Å²) in [6.07, 6.45) is 5.09. The second-order valence-electron chi connectivity index (χ2n) is 4.34. The first-order chi connectivity index (χ1) is 7.24. The Labute approximate surface area is 96.9 Å². The lowest BCUT2D eigenvalue weighted by molar-refractivity contribution is 0.194. The Morgan fingerprint density at radius 3 is 3.07 bits per heavy atom. The predicted octanol–water partition coefficient (Wildman–Crippen LogP) is 3.73. The van der Waals surface area contributed by atoms with E-state index in [4.69, 9.17) is 0 Å². The largest absolute Gasteiger partial charge is 0.294 e. The Hall–Kier alpha value is -0.0500. The van der Waals surface area contributed by atoms with Crippen LogP contribution in [-0.2, 0) is 0 Å². The van der Waals surface area contributed by atoms with Crippen molar-refractivity contribution in [3.05, 3.63) is 0 Å². The van der Waals surface area contributed by atoms with Gasteiger partial charge in [0.25, 0.3) is 0 Å². The Bertz CT molecular complexity index is 196. The van der Waals surface area contributed by atoms with E-state index in [1.807, 2.05) is 6.21 Å². The summed E-state index contributed by atoms with van der Waals surface area (Å²) in [6.45, 7) is 4.23. The van der Waals surface area contributed by atoms with Crippen molar-refractivity contribution in [2.24, 2.45) is 10.9 Å². The van der Waals surface area contributed by atoms with Gasteiger partial charge in [-0.15, -0.1) is 0 Å². The van der Waals surface area contributed by atoms with E-state index in [1.165, 1.54) is 0 Å². The van der Waals surface area contributed by atoms with Gasteiger partial charge in [0.2, 0.25) is 0 Å². The van der Waals surface area contributed by atoms with Crippen LogP contribution in [0.4, 0.5) is 4.39 Å². The fourth-order valence-corrected chi connectivity index (χ4v) is 2.86. The first-order valence-corrected chi connectivity index (χ1v) is 7.13. The van der Waals surface area contributed by atoms with Crippen LogP contribution in [0.1, 0.15) is 39.5 Å². The SMILES string of the molecule is CCCC1C[C@H](C)/N=C\CSCCC1F. The van der Waals surface area contributed by atoms with Gasteiger partial charge < -0.3 is 0 Å². The fraction of sp³-hybridized carbons (Fsp3) is 0.917. The number of thioether (sulfide) groups is 1. The molecule has 0 saturated heterocycles. The highest BCUT2D eigenvalue weighted by Gasteiger charge is 2.22. The minimum absolute atomic E-state index is 0.223. The number of aliphatic imine (C=N–C) groups is 1. The van der Waals surface area contributed by atoms with Gasteiger partial charge in [-0.05, 0) is 37.9 Å². The smallest absolute Gasteiger partial charge is 0.104 e. The molecule has 0 bridgehead atoms. The van der Waals surface area contributed by atoms with E-state index in [0.717, 1.165) is 37.2 Å². The Balaban J connectivity index is 2.55. The number of hydrogen-bond donors (Lipinski definition) is 0. The number of halogens is 1. The third-order valence-electron chi connectivity index (χ3n) is 2.91. The highest BCUT2D eigenvalue weighted by molar-refractivity contribution is 7.99. The van der Waals surface area contributed by atoms with E-state index < -0.39 is 6.17 Å². The van der Waals surface area contributed by atoms with E-state index in [-0.39, 0.29) is 5.92 Å². The van der Waals surface area contributed by atoms with E-state index in [2.05, 4.69) is 18.8 Å². The summed E-state index contributed by atoms with van der Waals surface area (Å²) in [5.74, 6) is 2.10. The maximum absolute atomic E-state index is 13.9. The third kappa shape index (κ3) is 5.01. The zero-order valence-electron chi connectivity index (χ0n) is 9.79. The molecule has 1 heterocycles. The Morgan fingerprint density at radius 2 is 2.33 bits per heavy atom. The topological polar surface area (TPSA) is 12.4 Å². The molecule has 0 aliphatic carbocycles. The molecule has 0 aromatic carbocycles. The van der Waals surface area contributed by atoms with Crippen molar-refractivity contribution in [1.82, 2.24) is 0 Å². The first-order valence-electron chi connectivity index (χ1n) is 5.97. The van der Waals surface area contributed by atoms with Gasteiger partial charge in [-0.25, -0.2) is 4.39 Å². The van der Waals surface area contributed by atoms with E-state index in [9.17, 15) is 4.39 Å². The van der Waals surface area contributed by atoms with E-state index >= 15 is 0 Å². The molecule has 3 atom stereocenters. The van der Waals surface area contributed by atoms with Gasteiger partial charge in [0.05, 0.1) is 0 Å². The van der Waals surface area contributed by atoms with Gasteiger partial charge in [-0.1, -0.05) is 13.3 Å². The lowest BCUT2D eigenvalue weighted by atomic mass is 9.90. The molecule has 1 rings (SSSR count). The minimum atomic E-state index is -0.617. The molecule has 0 aromatic rings. The molecule has 0 aromatic heterocycles. The van der Waals surface area contributed by atoms with Crippen LogP contribution in [-0.4, -0.2) is 29.9 Å². The summed E-state index contributed by atoms with van der Waals surface area (Å²) in [7, 11) is 0. The minimum Gasteiger partial charge on any atom is -0.294 e. The molecule has 0 radical (unpaired) electrons. The second-order valence-corrected chi connectivity index (χ2v) is 5.49. The van der Waals surface area contributed by atoms with Crippen LogP contribution in [0.15, 0.2) is 4.99 Å². The van der Waals surface area contributed by atoms with Crippen molar-refractivity contribution in [2.75, 3.05) is 11.5 Å². The molecule has 0 fully saturated rings. The molecular formula is C12H22FNS. The average molecular weight is 231 g/mol. The standard InChI is InChI=1S/C12H22FNS/c1-3-4-11-9-10(2)14-6-8-15-7-5-12(11)13/h6,10-12H,3-5,7-9H2,1-2H3/b14-6-/t10-,11?,12?/m0/s1. The van der Waals surface area contributed by atoms with Gasteiger partial charge >= 0.3 is 0 Å². The fourth-order valence-electron chi connectivity index (χ4n) is 2.11. The number of nitrogens with zero attached hydrogens (tertiary/aromatic N) is 1. The van der Waals surface area contributed by atoms with Gasteiger partial charge in [-0.2, -0.15) is 11.8 Å². The molecule has 15 heavy (non-hydrogen) atoms. The molecule has 0 amide bonds. The lowest BCUT2D eigenvalue weighted by Crippen LogP contribution is -2.21. The van der Waals surface area contributed by atoms with Crippen LogP contribution in [0.5, 0.6) is 0 Å². The van der Waals surface area contributed by atoms with Gasteiger partial charge in [0.15, 0.2) is 0 Å². The van der Waals surface area contributed by atoms with Crippen LogP contribution in [0.2, 0.25) is 0 Å². The zero-order chi connectivity index (χ0) is 11.1. The van der Waals surface area contributed by atoms with Crippen LogP contribution in [0, 0.1) is 5.92 Å². The summed E-state index contributed by atoms with van der Waals surface area (Å²) < 4.78 is 13.9. The van der Waals surface area contributed by atoms with Gasteiger partial charge in [0.1, 0.15) is 6.17 Å². The van der Waals surface area contributed by atoms with Crippen molar-refractivity contribution in [1.29, 1.82) is 0 Å². The van der Waals surface area contributed by atoms with Crippen LogP contribution < -0.4 is 0 Å². The second kappa shape index (κ2) is 7.26. The third-order valence-corrected chi connectivity index (χ3v) is 3.81. The molecule has 88 valence electrons. The van der Waals surface area contributed by atoms with E-state index in [1.54, 1.807) is 11.8 Å². The molecular weight excluding hydrogens is 209 g/mol. The summed E-state index contributed by atoms with van der Waals surface area (Å²) >= 11 is 1.79. The summed E-state index contributed by atoms with van der Waals surface area (Å²) in [4.78, 5) is 4.44. The molecule has 0 spiro atoms. The van der Waals surface area contributed by atoms with Crippen molar-refractivity contribution in [3.8, 4) is 0 Å². The first kappa shape index (κ1) is 13.0. The molecule has 0 saturated carbocycles. The average Bonchev–Trinajstić information content (AvgIpc) is 2.21. The molecule has 2 unspecified atom stereocenters. The summed E-state index contributed by atoms with van der Waals surface area (Å²) in [5.41, 5.74) is 0. The highest BCUT2D eigenvalue weighted by Crippen LogP contribution is 2.25. The quantitative estimate of drug-likeness (QED) is 0.705. The maximum Gasteiger partial charge on any atom is 0.104 e. The van der Waals surface area contributed by atoms with Crippen LogP contribution >= 0.6 is 11.8 Å². The predicted molar refractivity (Wildman–Crippen MR) is 67.8 cm³/mol. The van der Waals surface area contributed by atoms with Gasteiger partial charge in [0, 0.05) is 18.0 Å².